The third-order valence-electron chi connectivity index (χ3n) is 3.01. The summed E-state index contributed by atoms with van der Waals surface area (Å²) in [6, 6.07) is 7.94. The molecule has 2 rings (SSSR count). The third kappa shape index (κ3) is 7.75. The van der Waals surface area contributed by atoms with Gasteiger partial charge in [-0.1, -0.05) is 39.8 Å². The van der Waals surface area contributed by atoms with E-state index in [4.69, 9.17) is 5.11 Å². The van der Waals surface area contributed by atoms with E-state index >= 15 is 0 Å². The summed E-state index contributed by atoms with van der Waals surface area (Å²) in [7, 11) is 0. The van der Waals surface area contributed by atoms with Gasteiger partial charge in [-0.3, -0.25) is 14.4 Å². The highest BCUT2D eigenvalue weighted by Crippen LogP contribution is 2.21. The van der Waals surface area contributed by atoms with E-state index in [0.717, 1.165) is 5.56 Å². The fourth-order valence-corrected chi connectivity index (χ4v) is 1.77. The van der Waals surface area contributed by atoms with Gasteiger partial charge < -0.3 is 10.2 Å². The first-order valence-corrected chi connectivity index (χ1v) is 8.42. The van der Waals surface area contributed by atoms with Crippen molar-refractivity contribution >= 4 is 18.9 Å². The summed E-state index contributed by atoms with van der Waals surface area (Å²) in [5, 5.41) is 18.4. The summed E-state index contributed by atoms with van der Waals surface area (Å²) < 4.78 is 0. The molecule has 142 valence electrons. The first kappa shape index (κ1) is 25.3. The Labute approximate surface area is 155 Å². The minimum absolute atomic E-state index is 0.0596. The van der Waals surface area contributed by atoms with E-state index in [-0.39, 0.29) is 17.1 Å². The maximum absolute atomic E-state index is 10.4. The number of aldehydes is 3. The second-order valence-corrected chi connectivity index (χ2v) is 4.64. The molecule has 0 aromatic heterocycles. The molecule has 0 atom stereocenters. The molecule has 26 heavy (non-hydrogen) atoms. The van der Waals surface area contributed by atoms with Crippen molar-refractivity contribution in [1.82, 2.24) is 0 Å². The van der Waals surface area contributed by atoms with Gasteiger partial charge >= 0.3 is 0 Å². The molecule has 0 amide bonds. The molecule has 5 heteroatoms. The van der Waals surface area contributed by atoms with Crippen LogP contribution in [-0.4, -0.2) is 29.1 Å². The molecule has 0 heterocycles. The Morgan fingerprint density at radius 1 is 0.692 bits per heavy atom. The van der Waals surface area contributed by atoms with Crippen LogP contribution in [0.15, 0.2) is 30.3 Å². The van der Waals surface area contributed by atoms with E-state index in [1.54, 1.807) is 32.0 Å². The van der Waals surface area contributed by atoms with Gasteiger partial charge in [-0.2, -0.15) is 0 Å². The smallest absolute Gasteiger partial charge is 0.153 e. The molecule has 0 saturated carbocycles. The van der Waals surface area contributed by atoms with Crippen molar-refractivity contribution in [2.45, 2.75) is 41.5 Å². The highest BCUT2D eigenvalue weighted by Gasteiger charge is 2.04. The number of carbonyl (C=O) groups is 3. The molecule has 0 aliphatic rings. The summed E-state index contributed by atoms with van der Waals surface area (Å²) in [5.41, 5.74) is 2.15. The average Bonchev–Trinajstić information content (AvgIpc) is 2.69. The summed E-state index contributed by atoms with van der Waals surface area (Å²) in [5.74, 6) is 0.0214. The predicted octanol–water partition coefficient (Wildman–Crippen LogP) is 4.89. The summed E-state index contributed by atoms with van der Waals surface area (Å²) >= 11 is 0. The number of aryl methyl sites for hydroxylation is 2. The predicted molar refractivity (Wildman–Crippen MR) is 105 cm³/mol. The maximum Gasteiger partial charge on any atom is 0.153 e. The fraction of sp³-hybridized carbons (Fsp3) is 0.286. The van der Waals surface area contributed by atoms with Gasteiger partial charge in [-0.25, -0.2) is 0 Å². The zero-order valence-corrected chi connectivity index (χ0v) is 16.2. The van der Waals surface area contributed by atoms with Crippen molar-refractivity contribution in [3.63, 3.8) is 0 Å². The Balaban J connectivity index is 0. The third-order valence-corrected chi connectivity index (χ3v) is 3.01. The van der Waals surface area contributed by atoms with Crippen LogP contribution in [-0.2, 0) is 0 Å². The Morgan fingerprint density at radius 2 is 1.19 bits per heavy atom. The van der Waals surface area contributed by atoms with Crippen molar-refractivity contribution in [2.75, 3.05) is 0 Å². The summed E-state index contributed by atoms with van der Waals surface area (Å²) in [6.45, 7) is 11.4. The Bertz CT molecular complexity index is 706. The number of hydrogen-bond donors (Lipinski definition) is 2. The Kier molecular flexibility index (Phi) is 14.0. The largest absolute Gasteiger partial charge is 0.507 e. The van der Waals surface area contributed by atoms with Crippen LogP contribution in [0.5, 0.6) is 11.5 Å². The van der Waals surface area contributed by atoms with Crippen molar-refractivity contribution in [3.8, 4) is 11.5 Å². The van der Waals surface area contributed by atoms with Crippen LogP contribution in [0.4, 0.5) is 0 Å². The fourth-order valence-electron chi connectivity index (χ4n) is 1.77. The molecule has 2 aromatic rings. The molecule has 5 nitrogen and oxygen atoms in total. The van der Waals surface area contributed by atoms with Crippen LogP contribution >= 0.6 is 0 Å². The number of hydrogen-bond acceptors (Lipinski definition) is 5. The van der Waals surface area contributed by atoms with Crippen molar-refractivity contribution in [3.05, 3.63) is 58.1 Å². The lowest BCUT2D eigenvalue weighted by molar-refractivity contribution is 0.111. The van der Waals surface area contributed by atoms with Crippen LogP contribution in [0.25, 0.3) is 0 Å². The zero-order chi connectivity index (χ0) is 20.7. The van der Waals surface area contributed by atoms with Crippen LogP contribution in [0, 0.1) is 13.8 Å². The molecule has 0 unspecified atom stereocenters. The van der Waals surface area contributed by atoms with Gasteiger partial charge in [0.2, 0.25) is 0 Å². The van der Waals surface area contributed by atoms with Crippen molar-refractivity contribution in [1.29, 1.82) is 0 Å². The summed E-state index contributed by atoms with van der Waals surface area (Å²) in [6.07, 6.45) is 1.80. The van der Waals surface area contributed by atoms with Crippen LogP contribution in [0.3, 0.4) is 0 Å². The number of phenolic OH excluding ortho intramolecular Hbond substituents is 2. The molecule has 0 spiro atoms. The van der Waals surface area contributed by atoms with Gasteiger partial charge in [0.25, 0.3) is 0 Å². The lowest BCUT2D eigenvalue weighted by atomic mass is 10.1. The topological polar surface area (TPSA) is 91.7 Å². The molecule has 0 fully saturated rings. The first-order chi connectivity index (χ1) is 12.4. The van der Waals surface area contributed by atoms with E-state index in [9.17, 15) is 19.5 Å². The number of rotatable bonds is 3. The minimum atomic E-state index is -0.0596. The molecule has 0 radical (unpaired) electrons. The van der Waals surface area contributed by atoms with Gasteiger partial charge in [0.1, 0.15) is 17.8 Å². The molecule has 2 N–H and O–H groups in total. The zero-order valence-electron chi connectivity index (χ0n) is 16.2. The lowest BCUT2D eigenvalue weighted by Gasteiger charge is -2.01. The number of phenols is 2. The minimum Gasteiger partial charge on any atom is -0.507 e. The molecule has 2 aromatic carbocycles. The molecule has 0 bridgehead atoms. The van der Waals surface area contributed by atoms with E-state index < -0.39 is 0 Å². The van der Waals surface area contributed by atoms with E-state index in [2.05, 4.69) is 0 Å². The second kappa shape index (κ2) is 14.4. The lowest BCUT2D eigenvalue weighted by Crippen LogP contribution is -1.89. The molecule has 0 aliphatic heterocycles. The SMILES string of the molecule is CC.CC.Cc1cc(C=O)cc(C=O)c1O.Cc1cccc(C=O)c1O. The Hall–Kier alpha value is -2.95. The number of aromatic hydroxyl groups is 2. The molecule has 0 aliphatic carbocycles. The summed E-state index contributed by atoms with van der Waals surface area (Å²) in [4.78, 5) is 30.9. The van der Waals surface area contributed by atoms with E-state index in [1.165, 1.54) is 12.1 Å². The maximum atomic E-state index is 10.4. The van der Waals surface area contributed by atoms with Crippen LogP contribution in [0.2, 0.25) is 0 Å². The van der Waals surface area contributed by atoms with Crippen LogP contribution in [0.1, 0.15) is 69.9 Å². The average molecular weight is 360 g/mol. The highest BCUT2D eigenvalue weighted by molar-refractivity contribution is 5.85. The van der Waals surface area contributed by atoms with Gasteiger partial charge in [0, 0.05) is 5.56 Å². The van der Waals surface area contributed by atoms with Gasteiger partial charge in [0.05, 0.1) is 11.1 Å². The molecular weight excluding hydrogens is 332 g/mol. The highest BCUT2D eigenvalue weighted by atomic mass is 16.3. The molecule has 0 saturated heterocycles. The van der Waals surface area contributed by atoms with Crippen molar-refractivity contribution < 1.29 is 24.6 Å². The van der Waals surface area contributed by atoms with Crippen molar-refractivity contribution in [2.24, 2.45) is 0 Å². The second-order valence-electron chi connectivity index (χ2n) is 4.64. The van der Waals surface area contributed by atoms with Crippen LogP contribution < -0.4 is 0 Å². The van der Waals surface area contributed by atoms with Gasteiger partial charge in [-0.05, 0) is 43.2 Å². The standard InChI is InChI=1S/C9H8O3.C8H8O2.2C2H6/c1-6-2-7(4-10)3-8(5-11)9(6)12;1-6-3-2-4-7(5-9)8(6)10;2*1-2/h2-5,12H,1H3;2-5,10H,1H3;2*1-2H3. The number of carbonyl (C=O) groups excluding carboxylic acids is 3. The first-order valence-electron chi connectivity index (χ1n) is 8.42. The quantitative estimate of drug-likeness (QED) is 0.760. The normalized spacial score (nSPS) is 8.38. The van der Waals surface area contributed by atoms with Gasteiger partial charge in [-0.15, -0.1) is 0 Å². The van der Waals surface area contributed by atoms with E-state index in [0.29, 0.717) is 35.5 Å². The molecular formula is C21H28O5. The number of para-hydroxylation sites is 1. The Morgan fingerprint density at radius 3 is 1.62 bits per heavy atom. The number of benzene rings is 2. The van der Waals surface area contributed by atoms with Gasteiger partial charge in [0.15, 0.2) is 12.6 Å². The monoisotopic (exact) mass is 360 g/mol. The van der Waals surface area contributed by atoms with E-state index in [1.807, 2.05) is 27.7 Å².